The van der Waals surface area contributed by atoms with E-state index in [1.54, 1.807) is 18.1 Å². The van der Waals surface area contributed by atoms with Crippen LogP contribution in [0, 0.1) is 12.8 Å². The highest BCUT2D eigenvalue weighted by Crippen LogP contribution is 2.35. The van der Waals surface area contributed by atoms with Crippen LogP contribution in [-0.2, 0) is 4.79 Å². The van der Waals surface area contributed by atoms with Crippen LogP contribution in [0.5, 0.6) is 11.6 Å². The molecule has 2 atom stereocenters. The lowest BCUT2D eigenvalue weighted by atomic mass is 9.88. The highest BCUT2D eigenvalue weighted by molar-refractivity contribution is 5.98. The highest BCUT2D eigenvalue weighted by atomic mass is 16.5. The van der Waals surface area contributed by atoms with Gasteiger partial charge in [0, 0.05) is 18.6 Å². The van der Waals surface area contributed by atoms with Crippen LogP contribution < -0.4 is 10.1 Å². The van der Waals surface area contributed by atoms with E-state index < -0.39 is 0 Å². The summed E-state index contributed by atoms with van der Waals surface area (Å²) in [7, 11) is 1.70. The Morgan fingerprint density at radius 1 is 1.11 bits per heavy atom. The molecule has 4 rings (SSSR count). The molecule has 1 N–H and O–H groups in total. The molecule has 2 unspecified atom stereocenters. The number of imide groups is 1. The summed E-state index contributed by atoms with van der Waals surface area (Å²) in [6.07, 6.45) is 1.72. The van der Waals surface area contributed by atoms with Crippen molar-refractivity contribution in [3.05, 3.63) is 65.9 Å². The molecule has 0 bridgehead atoms. The van der Waals surface area contributed by atoms with Crippen molar-refractivity contribution in [3.8, 4) is 11.6 Å². The lowest BCUT2D eigenvalue weighted by Gasteiger charge is -2.37. The minimum absolute atomic E-state index is 0.257. The van der Waals surface area contributed by atoms with E-state index in [-0.39, 0.29) is 23.9 Å². The number of benzene rings is 2. The number of fused-ring (bicyclic) bond motifs is 1. The molecule has 1 aliphatic heterocycles. The molecule has 28 heavy (non-hydrogen) atoms. The largest absolute Gasteiger partial charge is 0.438 e. The molecule has 3 aromatic rings. The molecule has 1 aromatic heterocycles. The highest BCUT2D eigenvalue weighted by Gasteiger charge is 2.38. The third-order valence-electron chi connectivity index (χ3n) is 5.27. The van der Waals surface area contributed by atoms with Crippen LogP contribution in [0.3, 0.4) is 0 Å². The van der Waals surface area contributed by atoms with Crippen LogP contribution in [0.4, 0.5) is 4.79 Å². The predicted octanol–water partition coefficient (Wildman–Crippen LogP) is 4.19. The van der Waals surface area contributed by atoms with Gasteiger partial charge in [-0.2, -0.15) is 0 Å². The van der Waals surface area contributed by atoms with Gasteiger partial charge in [-0.3, -0.25) is 10.1 Å². The van der Waals surface area contributed by atoms with Crippen molar-refractivity contribution in [1.29, 1.82) is 0 Å². The van der Waals surface area contributed by atoms with Crippen LogP contribution in [0.25, 0.3) is 10.8 Å². The number of hydrogen-bond donors (Lipinski definition) is 1. The molecular formula is C22H21N3O3. The average molecular weight is 375 g/mol. The fourth-order valence-corrected chi connectivity index (χ4v) is 3.72. The second-order valence-electron chi connectivity index (χ2n) is 7.10. The number of nitrogens with one attached hydrogen (secondary N) is 1. The third-order valence-corrected chi connectivity index (χ3v) is 5.27. The summed E-state index contributed by atoms with van der Waals surface area (Å²) in [6.45, 7) is 3.78. The standard InChI is InChI=1S/C22H21N3O3/c1-13-12-16(28-21-18-7-5-4-6-15(18)10-11-23-21)8-9-17(13)19-14(2)20(26)24-22(27)25(19)3/h4-12,14,19H,1-3H3,(H,24,26,27). The lowest BCUT2D eigenvalue weighted by Crippen LogP contribution is -2.53. The number of aryl methyl sites for hydroxylation is 1. The predicted molar refractivity (Wildman–Crippen MR) is 106 cm³/mol. The van der Waals surface area contributed by atoms with E-state index in [0.717, 1.165) is 21.9 Å². The first-order chi connectivity index (χ1) is 13.5. The molecule has 1 fully saturated rings. The zero-order valence-corrected chi connectivity index (χ0v) is 16.0. The van der Waals surface area contributed by atoms with E-state index in [4.69, 9.17) is 4.74 Å². The number of carbonyl (C=O) groups is 2. The molecule has 0 spiro atoms. The van der Waals surface area contributed by atoms with Gasteiger partial charge in [-0.25, -0.2) is 9.78 Å². The van der Waals surface area contributed by atoms with Crippen LogP contribution in [0.15, 0.2) is 54.7 Å². The first-order valence-corrected chi connectivity index (χ1v) is 9.15. The number of rotatable bonds is 3. The van der Waals surface area contributed by atoms with Gasteiger partial charge in [-0.05, 0) is 47.7 Å². The summed E-state index contributed by atoms with van der Waals surface area (Å²) in [5, 5.41) is 4.37. The average Bonchev–Trinajstić information content (AvgIpc) is 2.68. The van der Waals surface area contributed by atoms with Gasteiger partial charge in [0.25, 0.3) is 0 Å². The quantitative estimate of drug-likeness (QED) is 0.745. The fourth-order valence-electron chi connectivity index (χ4n) is 3.72. The second kappa shape index (κ2) is 6.96. The SMILES string of the molecule is Cc1cc(Oc2nccc3ccccc23)ccc1C1C(C)C(=O)NC(=O)N1C. The maximum absolute atomic E-state index is 12.1. The minimum atomic E-state index is -0.382. The van der Waals surface area contributed by atoms with E-state index in [1.165, 1.54) is 0 Å². The van der Waals surface area contributed by atoms with Gasteiger partial charge in [-0.1, -0.05) is 31.2 Å². The van der Waals surface area contributed by atoms with Gasteiger partial charge in [-0.15, -0.1) is 0 Å². The van der Waals surface area contributed by atoms with Gasteiger partial charge in [0.1, 0.15) is 5.75 Å². The number of pyridine rings is 1. The Morgan fingerprint density at radius 3 is 2.68 bits per heavy atom. The van der Waals surface area contributed by atoms with E-state index in [9.17, 15) is 9.59 Å². The molecule has 6 heteroatoms. The fraction of sp³-hybridized carbons (Fsp3) is 0.227. The molecule has 2 aromatic carbocycles. The number of nitrogens with zero attached hydrogens (tertiary/aromatic N) is 2. The first-order valence-electron chi connectivity index (χ1n) is 9.15. The van der Waals surface area contributed by atoms with E-state index >= 15 is 0 Å². The molecule has 3 amide bonds. The number of amides is 3. The van der Waals surface area contributed by atoms with Crippen molar-refractivity contribution in [2.75, 3.05) is 7.05 Å². The number of urea groups is 1. The zero-order valence-electron chi connectivity index (χ0n) is 16.0. The molecule has 6 nitrogen and oxygen atoms in total. The van der Waals surface area contributed by atoms with Crippen LogP contribution in [-0.4, -0.2) is 28.9 Å². The van der Waals surface area contributed by atoms with Crippen molar-refractivity contribution >= 4 is 22.7 Å². The Kier molecular flexibility index (Phi) is 4.47. The maximum Gasteiger partial charge on any atom is 0.324 e. The molecule has 2 heterocycles. The first kappa shape index (κ1) is 18.0. The Morgan fingerprint density at radius 2 is 1.89 bits per heavy atom. The van der Waals surface area contributed by atoms with Gasteiger partial charge < -0.3 is 9.64 Å². The molecule has 142 valence electrons. The van der Waals surface area contributed by atoms with Gasteiger partial charge in [0.15, 0.2) is 0 Å². The van der Waals surface area contributed by atoms with Gasteiger partial charge >= 0.3 is 6.03 Å². The Hall–Kier alpha value is -3.41. The maximum atomic E-state index is 12.1. The van der Waals surface area contributed by atoms with E-state index in [1.807, 2.05) is 62.4 Å². The molecule has 0 saturated carbocycles. The van der Waals surface area contributed by atoms with Crippen molar-refractivity contribution in [3.63, 3.8) is 0 Å². The monoisotopic (exact) mass is 375 g/mol. The lowest BCUT2D eigenvalue weighted by molar-refractivity contribution is -0.127. The normalized spacial score (nSPS) is 19.6. The van der Waals surface area contributed by atoms with Crippen molar-refractivity contribution < 1.29 is 14.3 Å². The Bertz CT molecular complexity index is 1050. The second-order valence-corrected chi connectivity index (χ2v) is 7.10. The molecule has 0 aliphatic carbocycles. The van der Waals surface area contributed by atoms with Gasteiger partial charge in [0.2, 0.25) is 11.8 Å². The number of carbonyl (C=O) groups excluding carboxylic acids is 2. The summed E-state index contributed by atoms with van der Waals surface area (Å²) in [5.74, 6) is 0.607. The van der Waals surface area contributed by atoms with Crippen LogP contribution in [0.1, 0.15) is 24.1 Å². The molecule has 1 saturated heterocycles. The van der Waals surface area contributed by atoms with Crippen LogP contribution in [0.2, 0.25) is 0 Å². The Labute approximate surface area is 163 Å². The van der Waals surface area contributed by atoms with E-state index in [0.29, 0.717) is 11.6 Å². The van der Waals surface area contributed by atoms with Gasteiger partial charge in [0.05, 0.1) is 12.0 Å². The smallest absolute Gasteiger partial charge is 0.324 e. The summed E-state index contributed by atoms with van der Waals surface area (Å²) in [4.78, 5) is 30.1. The topological polar surface area (TPSA) is 71.5 Å². The third kappa shape index (κ3) is 3.07. The summed E-state index contributed by atoms with van der Waals surface area (Å²) in [5.41, 5.74) is 1.88. The van der Waals surface area contributed by atoms with Crippen molar-refractivity contribution in [1.82, 2.24) is 15.2 Å². The van der Waals surface area contributed by atoms with Crippen LogP contribution >= 0.6 is 0 Å². The van der Waals surface area contributed by atoms with Crippen molar-refractivity contribution in [2.24, 2.45) is 5.92 Å². The summed E-state index contributed by atoms with van der Waals surface area (Å²) >= 11 is 0. The molecule has 0 radical (unpaired) electrons. The number of hydrogen-bond acceptors (Lipinski definition) is 4. The zero-order chi connectivity index (χ0) is 19.8. The molecular weight excluding hydrogens is 354 g/mol. The minimum Gasteiger partial charge on any atom is -0.438 e. The van der Waals surface area contributed by atoms with Crippen molar-refractivity contribution in [2.45, 2.75) is 19.9 Å². The van der Waals surface area contributed by atoms with E-state index in [2.05, 4.69) is 10.3 Å². The number of ether oxygens (including phenoxy) is 1. The summed E-state index contributed by atoms with van der Waals surface area (Å²) < 4.78 is 6.04. The number of aromatic nitrogens is 1. The Balaban J connectivity index is 1.66. The summed E-state index contributed by atoms with van der Waals surface area (Å²) in [6, 6.07) is 14.8. The molecule has 1 aliphatic rings.